The number of unbranched alkanes of at least 4 members (excludes halogenated alkanes) is 1. The lowest BCUT2D eigenvalue weighted by molar-refractivity contribution is -0.126. The average Bonchev–Trinajstić information content (AvgIpc) is 2.31. The van der Waals surface area contributed by atoms with Gasteiger partial charge in [0.05, 0.1) is 0 Å². The number of halogens is 1. The Hall–Kier alpha value is 0.260. The van der Waals surface area contributed by atoms with Gasteiger partial charge in [-0.2, -0.15) is 0 Å². The number of carbonyl (C=O) groups is 1. The molecule has 70 valence electrons. The summed E-state index contributed by atoms with van der Waals surface area (Å²) in [5.41, 5.74) is 0. The van der Waals surface area contributed by atoms with Crippen molar-refractivity contribution in [2.75, 3.05) is 23.5 Å². The van der Waals surface area contributed by atoms with Crippen LogP contribution in [-0.2, 0) is 16.0 Å². The first kappa shape index (κ1) is 10.3. The van der Waals surface area contributed by atoms with Gasteiger partial charge in [-0.05, 0) is 24.0 Å². The second kappa shape index (κ2) is 5.09. The quantitative estimate of drug-likeness (QED) is 0.421. The highest BCUT2D eigenvalue weighted by Crippen LogP contribution is 2.10. The second-order valence-corrected chi connectivity index (χ2v) is 4.99. The topological polar surface area (TPSA) is 43.4 Å². The van der Waals surface area contributed by atoms with E-state index in [1.165, 1.54) is 0 Å². The molecule has 0 N–H and O–H groups in total. The highest BCUT2D eigenvalue weighted by molar-refractivity contribution is 9.09. The zero-order valence-electron chi connectivity index (χ0n) is 6.79. The summed E-state index contributed by atoms with van der Waals surface area (Å²) in [6.45, 7) is 0.760. The Labute approximate surface area is 83.8 Å². The fourth-order valence-corrected chi connectivity index (χ4v) is 2.67. The summed E-state index contributed by atoms with van der Waals surface area (Å²) in [7, 11) is 0. The molecule has 1 atom stereocenters. The van der Waals surface area contributed by atoms with Gasteiger partial charge in [0.15, 0.2) is 11.6 Å². The third kappa shape index (κ3) is 2.95. The molecule has 1 saturated heterocycles. The molecule has 1 fully saturated rings. The summed E-state index contributed by atoms with van der Waals surface area (Å²) in [6.07, 6.45) is 2.06. The normalized spacial score (nSPS) is 23.7. The van der Waals surface area contributed by atoms with Gasteiger partial charge in [0.2, 0.25) is 0 Å². The van der Waals surface area contributed by atoms with Crippen LogP contribution in [0.15, 0.2) is 0 Å². The van der Waals surface area contributed by atoms with Crippen LogP contribution in [0.5, 0.6) is 0 Å². The summed E-state index contributed by atoms with van der Waals surface area (Å²) >= 11 is 2.40. The van der Waals surface area contributed by atoms with Crippen LogP contribution < -0.4 is 0 Å². The Kier molecular flexibility index (Phi) is 4.39. The zero-order valence-corrected chi connectivity index (χ0v) is 9.20. The Bertz CT molecular complexity index is 167. The lowest BCUT2D eigenvalue weighted by atomic mass is 10.3. The third-order valence-electron chi connectivity index (χ3n) is 1.75. The predicted molar refractivity (Wildman–Crippen MR) is 52.6 cm³/mol. The number of nitrogens with zero attached hydrogens (tertiary/aromatic N) is 1. The first-order valence-corrected chi connectivity index (χ1v) is 6.53. The SMILES string of the molecule is O=C1C[S+]([O-])CN1CCCCBr. The smallest absolute Gasteiger partial charge is 0.276 e. The second-order valence-electron chi connectivity index (χ2n) is 2.77. The van der Waals surface area contributed by atoms with Crippen molar-refractivity contribution in [3.8, 4) is 0 Å². The molecule has 0 bridgehead atoms. The van der Waals surface area contributed by atoms with Crippen LogP contribution in [0.2, 0.25) is 0 Å². The van der Waals surface area contributed by atoms with Crippen LogP contribution in [0, 0.1) is 0 Å². The van der Waals surface area contributed by atoms with Gasteiger partial charge in [-0.15, -0.1) is 0 Å². The summed E-state index contributed by atoms with van der Waals surface area (Å²) in [6, 6.07) is 0. The first-order chi connectivity index (χ1) is 5.74. The van der Waals surface area contributed by atoms with Crippen molar-refractivity contribution in [1.82, 2.24) is 4.90 Å². The highest BCUT2D eigenvalue weighted by Gasteiger charge is 2.30. The molecule has 0 aliphatic carbocycles. The standard InChI is InChI=1S/C7H12BrNO2S/c8-3-1-2-4-9-6-12(11)5-7(9)10/h1-6H2. The molecule has 5 heteroatoms. The van der Waals surface area contributed by atoms with Crippen molar-refractivity contribution in [2.45, 2.75) is 12.8 Å². The molecule has 0 aromatic rings. The van der Waals surface area contributed by atoms with E-state index in [0.29, 0.717) is 5.88 Å². The molecule has 1 rings (SSSR count). The molecule has 1 amide bonds. The van der Waals surface area contributed by atoms with Crippen LogP contribution in [0.25, 0.3) is 0 Å². The van der Waals surface area contributed by atoms with E-state index in [1.807, 2.05) is 0 Å². The van der Waals surface area contributed by atoms with E-state index in [1.54, 1.807) is 4.90 Å². The van der Waals surface area contributed by atoms with E-state index in [-0.39, 0.29) is 11.7 Å². The molecule has 1 unspecified atom stereocenters. The molecule has 12 heavy (non-hydrogen) atoms. The maximum absolute atomic E-state index is 11.1. The fourth-order valence-electron chi connectivity index (χ4n) is 1.11. The number of carbonyl (C=O) groups excluding carboxylic acids is 1. The minimum Gasteiger partial charge on any atom is -0.615 e. The molecule has 3 nitrogen and oxygen atoms in total. The molecular weight excluding hydrogens is 242 g/mol. The minimum atomic E-state index is -0.924. The Balaban J connectivity index is 2.19. The van der Waals surface area contributed by atoms with Crippen LogP contribution in [0.3, 0.4) is 0 Å². The van der Waals surface area contributed by atoms with E-state index < -0.39 is 11.2 Å². The molecular formula is C7H12BrNO2S. The predicted octanol–water partition coefficient (Wildman–Crippen LogP) is 0.710. The van der Waals surface area contributed by atoms with Crippen LogP contribution >= 0.6 is 15.9 Å². The van der Waals surface area contributed by atoms with E-state index in [9.17, 15) is 9.35 Å². The lowest BCUT2D eigenvalue weighted by Gasteiger charge is -2.11. The largest absolute Gasteiger partial charge is 0.615 e. The van der Waals surface area contributed by atoms with Gasteiger partial charge in [-0.1, -0.05) is 15.9 Å². The van der Waals surface area contributed by atoms with Crippen molar-refractivity contribution in [3.05, 3.63) is 0 Å². The Morgan fingerprint density at radius 1 is 1.58 bits per heavy atom. The zero-order chi connectivity index (χ0) is 8.97. The van der Waals surface area contributed by atoms with Gasteiger partial charge in [-0.25, -0.2) is 0 Å². The number of hydrogen-bond donors (Lipinski definition) is 0. The van der Waals surface area contributed by atoms with Gasteiger partial charge < -0.3 is 4.55 Å². The van der Waals surface area contributed by atoms with Crippen molar-refractivity contribution in [3.63, 3.8) is 0 Å². The molecule has 1 aliphatic rings. The Morgan fingerprint density at radius 2 is 2.33 bits per heavy atom. The van der Waals surface area contributed by atoms with Gasteiger partial charge in [-0.3, -0.25) is 9.69 Å². The first-order valence-electron chi connectivity index (χ1n) is 3.93. The van der Waals surface area contributed by atoms with Gasteiger partial charge in [0.25, 0.3) is 5.91 Å². The number of alkyl halides is 1. The number of amides is 1. The molecule has 0 saturated carbocycles. The average molecular weight is 254 g/mol. The van der Waals surface area contributed by atoms with E-state index in [2.05, 4.69) is 15.9 Å². The van der Waals surface area contributed by atoms with Crippen molar-refractivity contribution in [1.29, 1.82) is 0 Å². The molecule has 0 aromatic heterocycles. The number of rotatable bonds is 4. The van der Waals surface area contributed by atoms with E-state index in [0.717, 1.165) is 24.7 Å². The van der Waals surface area contributed by atoms with Gasteiger partial charge >= 0.3 is 0 Å². The summed E-state index contributed by atoms with van der Waals surface area (Å²) in [5.74, 6) is 0.720. The minimum absolute atomic E-state index is 0.0444. The summed E-state index contributed by atoms with van der Waals surface area (Å²) in [4.78, 5) is 12.8. The van der Waals surface area contributed by atoms with Crippen molar-refractivity contribution < 1.29 is 9.35 Å². The van der Waals surface area contributed by atoms with Crippen LogP contribution in [0.4, 0.5) is 0 Å². The molecule has 0 spiro atoms. The maximum atomic E-state index is 11.1. The monoisotopic (exact) mass is 253 g/mol. The van der Waals surface area contributed by atoms with Crippen LogP contribution in [0.1, 0.15) is 12.8 Å². The van der Waals surface area contributed by atoms with E-state index in [4.69, 9.17) is 0 Å². The van der Waals surface area contributed by atoms with E-state index >= 15 is 0 Å². The summed E-state index contributed by atoms with van der Waals surface area (Å²) in [5, 5.41) is 0.970. The number of hydrogen-bond acceptors (Lipinski definition) is 2. The molecule has 0 radical (unpaired) electrons. The van der Waals surface area contributed by atoms with Crippen molar-refractivity contribution >= 4 is 33.0 Å². The summed E-state index contributed by atoms with van der Waals surface area (Å²) < 4.78 is 10.9. The fraction of sp³-hybridized carbons (Fsp3) is 0.857. The lowest BCUT2D eigenvalue weighted by Crippen LogP contribution is -2.26. The van der Waals surface area contributed by atoms with Crippen LogP contribution in [-0.4, -0.2) is 38.9 Å². The van der Waals surface area contributed by atoms with Crippen molar-refractivity contribution in [2.24, 2.45) is 0 Å². The maximum Gasteiger partial charge on any atom is 0.276 e. The third-order valence-corrected chi connectivity index (χ3v) is 3.48. The Morgan fingerprint density at radius 3 is 2.83 bits per heavy atom. The highest BCUT2D eigenvalue weighted by atomic mass is 79.9. The molecule has 0 aromatic carbocycles. The molecule has 1 aliphatic heterocycles. The van der Waals surface area contributed by atoms with Gasteiger partial charge in [0.1, 0.15) is 0 Å². The van der Waals surface area contributed by atoms with Gasteiger partial charge in [0, 0.05) is 11.9 Å². The molecule has 1 heterocycles.